The summed E-state index contributed by atoms with van der Waals surface area (Å²) in [6.45, 7) is 2.29. The maximum atomic E-state index is 11.4. The number of unbranched alkanes of at least 4 members (excludes halogenated alkanes) is 21. The SMILES string of the molecule is CCCCCCCCCCCCCCCCCCCCC=CCCCCCC(=O)ON(C)C. The zero-order valence-corrected chi connectivity index (χ0v) is 22.9. The summed E-state index contributed by atoms with van der Waals surface area (Å²) in [6.07, 6.45) is 36.7. The first-order valence-corrected chi connectivity index (χ1v) is 14.7. The number of hydrogen-bond acceptors (Lipinski definition) is 3. The third kappa shape index (κ3) is 29.1. The number of rotatable bonds is 26. The lowest BCUT2D eigenvalue weighted by molar-refractivity contribution is -0.178. The molecule has 0 N–H and O–H groups in total. The maximum Gasteiger partial charge on any atom is 0.325 e. The molecule has 33 heavy (non-hydrogen) atoms. The highest BCUT2D eigenvalue weighted by Crippen LogP contribution is 2.14. The molecule has 0 rings (SSSR count). The number of carbonyl (C=O) groups is 1. The Hall–Kier alpha value is -0.830. The van der Waals surface area contributed by atoms with Crippen molar-refractivity contribution in [1.29, 1.82) is 0 Å². The summed E-state index contributed by atoms with van der Waals surface area (Å²) < 4.78 is 0. The second-order valence-corrected chi connectivity index (χ2v) is 10.1. The Morgan fingerprint density at radius 2 is 0.879 bits per heavy atom. The minimum atomic E-state index is -0.121. The Morgan fingerprint density at radius 3 is 1.24 bits per heavy atom. The molecular formula is C30H59NO2. The van der Waals surface area contributed by atoms with E-state index >= 15 is 0 Å². The van der Waals surface area contributed by atoms with Gasteiger partial charge in [-0.2, -0.15) is 0 Å². The Morgan fingerprint density at radius 1 is 0.545 bits per heavy atom. The van der Waals surface area contributed by atoms with Crippen molar-refractivity contribution in [1.82, 2.24) is 5.06 Å². The minimum Gasteiger partial charge on any atom is -0.369 e. The van der Waals surface area contributed by atoms with Crippen LogP contribution >= 0.6 is 0 Å². The molecule has 0 bridgehead atoms. The summed E-state index contributed by atoms with van der Waals surface area (Å²) in [5.41, 5.74) is 0. The average molecular weight is 466 g/mol. The summed E-state index contributed by atoms with van der Waals surface area (Å²) in [7, 11) is 3.48. The molecule has 0 radical (unpaired) electrons. The Kier molecular flexibility index (Phi) is 26.7. The molecular weight excluding hydrogens is 406 g/mol. The largest absolute Gasteiger partial charge is 0.369 e. The van der Waals surface area contributed by atoms with E-state index < -0.39 is 0 Å². The van der Waals surface area contributed by atoms with E-state index in [-0.39, 0.29) is 5.97 Å². The van der Waals surface area contributed by atoms with Gasteiger partial charge in [0.05, 0.1) is 0 Å². The summed E-state index contributed by atoms with van der Waals surface area (Å²) in [6, 6.07) is 0. The van der Waals surface area contributed by atoms with Gasteiger partial charge in [-0.3, -0.25) is 4.79 Å². The summed E-state index contributed by atoms with van der Waals surface area (Å²) in [4.78, 5) is 16.4. The van der Waals surface area contributed by atoms with E-state index in [9.17, 15) is 4.79 Å². The second kappa shape index (κ2) is 27.4. The molecule has 0 spiro atoms. The van der Waals surface area contributed by atoms with Gasteiger partial charge in [-0.25, -0.2) is 0 Å². The Bertz CT molecular complexity index is 420. The average Bonchev–Trinajstić information content (AvgIpc) is 2.78. The number of hydrogen-bond donors (Lipinski definition) is 0. The van der Waals surface area contributed by atoms with E-state index in [1.165, 1.54) is 133 Å². The van der Waals surface area contributed by atoms with Gasteiger partial charge in [0.1, 0.15) is 0 Å². The van der Waals surface area contributed by atoms with Crippen LogP contribution in [0.3, 0.4) is 0 Å². The molecule has 3 heteroatoms. The highest BCUT2D eigenvalue weighted by molar-refractivity contribution is 5.68. The molecule has 0 aliphatic rings. The predicted octanol–water partition coefficient (Wildman–Crippen LogP) is 9.94. The molecule has 0 fully saturated rings. The van der Waals surface area contributed by atoms with Crippen LogP contribution in [0.5, 0.6) is 0 Å². The van der Waals surface area contributed by atoms with Gasteiger partial charge in [0, 0.05) is 20.5 Å². The van der Waals surface area contributed by atoms with Crippen molar-refractivity contribution in [2.45, 2.75) is 161 Å². The van der Waals surface area contributed by atoms with Crippen molar-refractivity contribution in [3.63, 3.8) is 0 Å². The number of carbonyl (C=O) groups excluding carboxylic acids is 1. The molecule has 0 aliphatic carbocycles. The van der Waals surface area contributed by atoms with Crippen LogP contribution in [0, 0.1) is 0 Å². The standard InChI is InChI=1S/C30H59NO2/c1-4-5-6-7-8-9-10-11-12-13-14-15-16-17-18-19-20-21-22-23-24-25-26-27-28-29-30(32)33-31(2)3/h23-24H,4-22,25-29H2,1-3H3. The lowest BCUT2D eigenvalue weighted by atomic mass is 10.0. The van der Waals surface area contributed by atoms with E-state index in [1.54, 1.807) is 14.1 Å². The fourth-order valence-electron chi connectivity index (χ4n) is 4.36. The zero-order valence-electron chi connectivity index (χ0n) is 22.9. The number of nitrogens with zero attached hydrogens (tertiary/aromatic N) is 1. The topological polar surface area (TPSA) is 29.5 Å². The number of allylic oxidation sites excluding steroid dienone is 2. The van der Waals surface area contributed by atoms with Gasteiger partial charge in [0.2, 0.25) is 0 Å². The van der Waals surface area contributed by atoms with Gasteiger partial charge in [-0.05, 0) is 32.1 Å². The van der Waals surface area contributed by atoms with Crippen LogP contribution in [0.2, 0.25) is 0 Å². The zero-order chi connectivity index (χ0) is 24.2. The van der Waals surface area contributed by atoms with Crippen LogP contribution in [0.4, 0.5) is 0 Å². The fraction of sp³-hybridized carbons (Fsp3) is 0.900. The number of hydroxylamine groups is 2. The molecule has 0 saturated heterocycles. The molecule has 0 amide bonds. The van der Waals surface area contributed by atoms with Crippen molar-refractivity contribution < 1.29 is 9.63 Å². The quantitative estimate of drug-likeness (QED) is 0.0723. The molecule has 0 aromatic heterocycles. The minimum absolute atomic E-state index is 0.121. The molecule has 0 unspecified atom stereocenters. The van der Waals surface area contributed by atoms with Gasteiger partial charge >= 0.3 is 5.97 Å². The van der Waals surface area contributed by atoms with Crippen LogP contribution in [0.1, 0.15) is 161 Å². The van der Waals surface area contributed by atoms with Crippen LogP contribution in [0.15, 0.2) is 12.2 Å². The molecule has 3 nitrogen and oxygen atoms in total. The van der Waals surface area contributed by atoms with Crippen LogP contribution in [-0.4, -0.2) is 25.1 Å². The summed E-state index contributed by atoms with van der Waals surface area (Å²) in [5.74, 6) is -0.121. The fourth-order valence-corrected chi connectivity index (χ4v) is 4.36. The van der Waals surface area contributed by atoms with Gasteiger partial charge in [-0.1, -0.05) is 135 Å². The first kappa shape index (κ1) is 32.2. The van der Waals surface area contributed by atoms with Gasteiger partial charge in [0.25, 0.3) is 0 Å². The van der Waals surface area contributed by atoms with Crippen LogP contribution < -0.4 is 0 Å². The molecule has 0 atom stereocenters. The van der Waals surface area contributed by atoms with E-state index in [0.717, 1.165) is 19.3 Å². The molecule has 0 aromatic carbocycles. The van der Waals surface area contributed by atoms with Gasteiger partial charge in [0.15, 0.2) is 0 Å². The summed E-state index contributed by atoms with van der Waals surface area (Å²) >= 11 is 0. The van der Waals surface area contributed by atoms with Crippen molar-refractivity contribution in [3.8, 4) is 0 Å². The first-order valence-electron chi connectivity index (χ1n) is 14.7. The first-order chi connectivity index (χ1) is 16.2. The third-order valence-corrected chi connectivity index (χ3v) is 6.43. The molecule has 196 valence electrons. The summed E-state index contributed by atoms with van der Waals surface area (Å²) in [5, 5.41) is 1.46. The van der Waals surface area contributed by atoms with Crippen LogP contribution in [0.25, 0.3) is 0 Å². The van der Waals surface area contributed by atoms with Crippen molar-refractivity contribution >= 4 is 5.97 Å². The second-order valence-electron chi connectivity index (χ2n) is 10.1. The van der Waals surface area contributed by atoms with Crippen molar-refractivity contribution in [2.24, 2.45) is 0 Å². The highest BCUT2D eigenvalue weighted by Gasteiger charge is 2.03. The van der Waals surface area contributed by atoms with E-state index in [0.29, 0.717) is 6.42 Å². The molecule has 0 saturated carbocycles. The molecule has 0 aliphatic heterocycles. The smallest absolute Gasteiger partial charge is 0.325 e. The van der Waals surface area contributed by atoms with E-state index in [2.05, 4.69) is 19.1 Å². The lowest BCUT2D eigenvalue weighted by Gasteiger charge is -2.09. The molecule has 0 heterocycles. The molecule has 0 aromatic rings. The van der Waals surface area contributed by atoms with E-state index in [1.807, 2.05) is 0 Å². The normalized spacial score (nSPS) is 11.6. The third-order valence-electron chi connectivity index (χ3n) is 6.43. The Balaban J connectivity index is 3.13. The van der Waals surface area contributed by atoms with Crippen molar-refractivity contribution in [3.05, 3.63) is 12.2 Å². The highest BCUT2D eigenvalue weighted by atomic mass is 16.7. The maximum absolute atomic E-state index is 11.4. The Labute approximate surface area is 208 Å². The van der Waals surface area contributed by atoms with Crippen molar-refractivity contribution in [2.75, 3.05) is 14.1 Å². The lowest BCUT2D eigenvalue weighted by Crippen LogP contribution is -2.18. The van der Waals surface area contributed by atoms with Gasteiger partial charge < -0.3 is 4.84 Å². The van der Waals surface area contributed by atoms with E-state index in [4.69, 9.17) is 4.84 Å². The monoisotopic (exact) mass is 465 g/mol. The van der Waals surface area contributed by atoms with Crippen LogP contribution in [-0.2, 0) is 9.63 Å². The van der Waals surface area contributed by atoms with Gasteiger partial charge in [-0.15, -0.1) is 5.06 Å². The predicted molar refractivity (Wildman–Crippen MR) is 145 cm³/mol.